The van der Waals surface area contributed by atoms with E-state index in [2.05, 4.69) is 31.0 Å². The number of nitrogens with two attached hydrogens (primary N) is 1. The molecule has 0 saturated heterocycles. The molecule has 0 aliphatic heterocycles. The number of pyridine rings is 1. The Bertz CT molecular complexity index is 311. The summed E-state index contributed by atoms with van der Waals surface area (Å²) in [7, 11) is 0. The summed E-state index contributed by atoms with van der Waals surface area (Å²) in [5, 5.41) is 0. The Kier molecular flexibility index (Phi) is 6.16. The average Bonchev–Trinajstić information content (AvgIpc) is 2.36. The first-order valence-corrected chi connectivity index (χ1v) is 6.52. The van der Waals surface area contributed by atoms with Gasteiger partial charge in [0.05, 0.1) is 6.10 Å². The Morgan fingerprint density at radius 1 is 1.29 bits per heavy atom. The van der Waals surface area contributed by atoms with Gasteiger partial charge >= 0.3 is 0 Å². The van der Waals surface area contributed by atoms with Crippen LogP contribution < -0.4 is 5.73 Å². The maximum absolute atomic E-state index is 6.15. The summed E-state index contributed by atoms with van der Waals surface area (Å²) in [5.41, 5.74) is 8.46. The molecular formula is C14H24N2O. The van der Waals surface area contributed by atoms with Crippen molar-refractivity contribution in [1.82, 2.24) is 4.98 Å². The van der Waals surface area contributed by atoms with Crippen LogP contribution in [-0.4, -0.2) is 23.7 Å². The van der Waals surface area contributed by atoms with Crippen molar-refractivity contribution in [2.75, 3.05) is 6.61 Å². The molecule has 1 aromatic heterocycles. The fourth-order valence-corrected chi connectivity index (χ4v) is 1.92. The van der Waals surface area contributed by atoms with Gasteiger partial charge in [0.2, 0.25) is 0 Å². The predicted molar refractivity (Wildman–Crippen MR) is 71.0 cm³/mol. The van der Waals surface area contributed by atoms with Crippen molar-refractivity contribution in [1.29, 1.82) is 0 Å². The fourth-order valence-electron chi connectivity index (χ4n) is 1.92. The van der Waals surface area contributed by atoms with Crippen molar-refractivity contribution in [3.8, 4) is 0 Å². The number of hydrogen-bond acceptors (Lipinski definition) is 3. The largest absolute Gasteiger partial charge is 0.377 e. The van der Waals surface area contributed by atoms with E-state index in [1.807, 2.05) is 13.1 Å². The Morgan fingerprint density at radius 3 is 2.53 bits per heavy atom. The molecule has 0 amide bonds. The highest BCUT2D eigenvalue weighted by Gasteiger charge is 2.16. The number of rotatable bonds is 7. The van der Waals surface area contributed by atoms with Gasteiger partial charge < -0.3 is 10.5 Å². The Hall–Kier alpha value is -0.930. The van der Waals surface area contributed by atoms with Crippen LogP contribution >= 0.6 is 0 Å². The van der Waals surface area contributed by atoms with Crippen LogP contribution in [0.4, 0.5) is 0 Å². The first-order valence-electron chi connectivity index (χ1n) is 6.52. The van der Waals surface area contributed by atoms with Crippen LogP contribution in [0.1, 0.15) is 38.4 Å². The van der Waals surface area contributed by atoms with Crippen molar-refractivity contribution in [2.24, 2.45) is 5.73 Å². The minimum absolute atomic E-state index is 0.0277. The van der Waals surface area contributed by atoms with E-state index in [1.165, 1.54) is 5.56 Å². The second-order valence-electron chi connectivity index (χ2n) is 4.28. The van der Waals surface area contributed by atoms with E-state index >= 15 is 0 Å². The summed E-state index contributed by atoms with van der Waals surface area (Å²) < 4.78 is 5.62. The van der Waals surface area contributed by atoms with Gasteiger partial charge in [-0.1, -0.05) is 19.9 Å². The Morgan fingerprint density at radius 2 is 2.06 bits per heavy atom. The van der Waals surface area contributed by atoms with Crippen LogP contribution in [0.5, 0.6) is 0 Å². The van der Waals surface area contributed by atoms with E-state index in [4.69, 9.17) is 10.5 Å². The molecule has 1 aromatic rings. The third-order valence-corrected chi connectivity index (χ3v) is 3.00. The molecule has 0 bridgehead atoms. The molecule has 0 aromatic carbocycles. The molecule has 17 heavy (non-hydrogen) atoms. The lowest BCUT2D eigenvalue weighted by Gasteiger charge is -2.22. The molecule has 96 valence electrons. The van der Waals surface area contributed by atoms with Crippen molar-refractivity contribution in [2.45, 2.75) is 52.2 Å². The van der Waals surface area contributed by atoms with Gasteiger partial charge in [-0.3, -0.25) is 4.98 Å². The maximum atomic E-state index is 6.15. The first-order chi connectivity index (χ1) is 8.21. The van der Waals surface area contributed by atoms with Crippen LogP contribution in [0.25, 0.3) is 0 Å². The smallest absolute Gasteiger partial charge is 0.0727 e. The second kappa shape index (κ2) is 7.41. The lowest BCUT2D eigenvalue weighted by Crippen LogP contribution is -2.38. The van der Waals surface area contributed by atoms with Crippen LogP contribution in [0.2, 0.25) is 0 Å². The minimum Gasteiger partial charge on any atom is -0.377 e. The number of aryl methyl sites for hydroxylation is 1. The van der Waals surface area contributed by atoms with Gasteiger partial charge in [0.1, 0.15) is 0 Å². The van der Waals surface area contributed by atoms with E-state index in [9.17, 15) is 0 Å². The highest BCUT2D eigenvalue weighted by Crippen LogP contribution is 2.09. The van der Waals surface area contributed by atoms with Gasteiger partial charge in [-0.25, -0.2) is 0 Å². The molecule has 2 N–H and O–H groups in total. The minimum atomic E-state index is 0.0277. The summed E-state index contributed by atoms with van der Waals surface area (Å²) in [6.45, 7) is 6.95. The van der Waals surface area contributed by atoms with Gasteiger partial charge in [-0.15, -0.1) is 0 Å². The van der Waals surface area contributed by atoms with E-state index in [0.29, 0.717) is 6.61 Å². The molecule has 0 saturated carbocycles. The Balaban J connectivity index is 2.56. The predicted octanol–water partition coefficient (Wildman–Crippen LogP) is 2.33. The Labute approximate surface area is 104 Å². The number of ether oxygens (including phenoxy) is 1. The molecule has 2 atom stereocenters. The topological polar surface area (TPSA) is 48.1 Å². The fraction of sp³-hybridized carbons (Fsp3) is 0.643. The average molecular weight is 236 g/mol. The molecule has 0 radical (unpaired) electrons. The monoisotopic (exact) mass is 236 g/mol. The maximum Gasteiger partial charge on any atom is 0.0727 e. The highest BCUT2D eigenvalue weighted by atomic mass is 16.5. The summed E-state index contributed by atoms with van der Waals surface area (Å²) in [5.74, 6) is 0. The van der Waals surface area contributed by atoms with Crippen LogP contribution in [0, 0.1) is 0 Å². The number of hydrogen-bond donors (Lipinski definition) is 1. The molecule has 0 fully saturated rings. The number of nitrogens with zero attached hydrogens (tertiary/aromatic N) is 1. The quantitative estimate of drug-likeness (QED) is 0.790. The zero-order valence-electron chi connectivity index (χ0n) is 11.1. The molecule has 0 aliphatic carbocycles. The van der Waals surface area contributed by atoms with Gasteiger partial charge in [-0.2, -0.15) is 0 Å². The molecule has 1 rings (SSSR count). The summed E-state index contributed by atoms with van der Waals surface area (Å²) >= 11 is 0. The van der Waals surface area contributed by atoms with Gasteiger partial charge in [0, 0.05) is 31.0 Å². The molecule has 1 heterocycles. The normalized spacial score (nSPS) is 14.6. The highest BCUT2D eigenvalue weighted by molar-refractivity contribution is 5.14. The third-order valence-electron chi connectivity index (χ3n) is 3.00. The SMILES string of the molecule is CCOC(CC)C(N)Cc1ccc(CC)cn1. The van der Waals surface area contributed by atoms with E-state index in [0.717, 1.165) is 25.0 Å². The lowest BCUT2D eigenvalue weighted by atomic mass is 10.0. The molecular weight excluding hydrogens is 212 g/mol. The zero-order valence-corrected chi connectivity index (χ0v) is 11.1. The summed E-state index contributed by atoms with van der Waals surface area (Å²) in [6.07, 6.45) is 4.82. The molecule has 2 unspecified atom stereocenters. The van der Waals surface area contributed by atoms with Gasteiger partial charge in [0.15, 0.2) is 0 Å². The van der Waals surface area contributed by atoms with E-state index in [1.54, 1.807) is 0 Å². The van der Waals surface area contributed by atoms with Crippen LogP contribution in [-0.2, 0) is 17.6 Å². The summed E-state index contributed by atoms with van der Waals surface area (Å²) in [6, 6.07) is 4.22. The molecule has 3 nitrogen and oxygen atoms in total. The second-order valence-corrected chi connectivity index (χ2v) is 4.28. The van der Waals surface area contributed by atoms with Crippen molar-refractivity contribution in [3.63, 3.8) is 0 Å². The summed E-state index contributed by atoms with van der Waals surface area (Å²) in [4.78, 5) is 4.43. The lowest BCUT2D eigenvalue weighted by molar-refractivity contribution is 0.0415. The standard InChI is InChI=1S/C14H24N2O/c1-4-11-7-8-12(16-10-11)9-13(15)14(5-2)17-6-3/h7-8,10,13-14H,4-6,9,15H2,1-3H3. The van der Waals surface area contributed by atoms with Crippen molar-refractivity contribution in [3.05, 3.63) is 29.6 Å². The van der Waals surface area contributed by atoms with Crippen LogP contribution in [0.15, 0.2) is 18.3 Å². The van der Waals surface area contributed by atoms with Gasteiger partial charge in [-0.05, 0) is 31.4 Å². The van der Waals surface area contributed by atoms with E-state index in [-0.39, 0.29) is 12.1 Å². The van der Waals surface area contributed by atoms with Gasteiger partial charge in [0.25, 0.3) is 0 Å². The molecule has 0 spiro atoms. The number of aromatic nitrogens is 1. The molecule has 0 aliphatic rings. The van der Waals surface area contributed by atoms with Crippen LogP contribution in [0.3, 0.4) is 0 Å². The van der Waals surface area contributed by atoms with E-state index < -0.39 is 0 Å². The molecule has 3 heteroatoms. The van der Waals surface area contributed by atoms with Crippen molar-refractivity contribution >= 4 is 0 Å². The third kappa shape index (κ3) is 4.44. The van der Waals surface area contributed by atoms with Crippen molar-refractivity contribution < 1.29 is 4.74 Å². The zero-order chi connectivity index (χ0) is 12.7. The first kappa shape index (κ1) is 14.1.